The highest BCUT2D eigenvalue weighted by atomic mass is 32.2. The molecule has 40 heavy (non-hydrogen) atoms. The van der Waals surface area contributed by atoms with Gasteiger partial charge in [-0.3, -0.25) is 4.79 Å². The summed E-state index contributed by atoms with van der Waals surface area (Å²) in [6.07, 6.45) is -0.0767. The molecule has 2 aliphatic heterocycles. The van der Waals surface area contributed by atoms with Gasteiger partial charge in [0.2, 0.25) is 0 Å². The molecule has 2 atom stereocenters. The number of benzene rings is 2. The third kappa shape index (κ3) is 6.89. The van der Waals surface area contributed by atoms with Gasteiger partial charge in [0.15, 0.2) is 15.9 Å². The Morgan fingerprint density at radius 1 is 1.25 bits per heavy atom. The van der Waals surface area contributed by atoms with Crippen LogP contribution in [0.5, 0.6) is 5.75 Å². The molecule has 2 heterocycles. The Kier molecular flexibility index (Phi) is 8.37. The summed E-state index contributed by atoms with van der Waals surface area (Å²) in [5.74, 6) is -0.801. The summed E-state index contributed by atoms with van der Waals surface area (Å²) < 4.78 is 55.8. The lowest BCUT2D eigenvalue weighted by atomic mass is 9.94. The molecule has 0 radical (unpaired) electrons. The SMILES string of the molecule is CC(C)(C)OC(=O)N1CCCO[C@H](C(=O)N[C@H](C#N)Cc2cc3c(cc2F)-c2ccc(S(C)(=O)=O)cc2CO3)C1. The fraction of sp³-hybridized carbons (Fsp3) is 0.464. The van der Waals surface area contributed by atoms with Gasteiger partial charge in [-0.15, -0.1) is 0 Å². The molecular formula is C28H32FN3O7S. The molecule has 1 fully saturated rings. The molecule has 2 aromatic rings. The minimum Gasteiger partial charge on any atom is -0.488 e. The predicted octanol–water partition coefficient (Wildman–Crippen LogP) is 3.37. The van der Waals surface area contributed by atoms with Crippen LogP contribution in [0.3, 0.4) is 0 Å². The van der Waals surface area contributed by atoms with Gasteiger partial charge < -0.3 is 24.4 Å². The fourth-order valence-electron chi connectivity index (χ4n) is 4.51. The molecule has 1 saturated heterocycles. The number of fused-ring (bicyclic) bond motifs is 3. The number of nitriles is 1. The van der Waals surface area contributed by atoms with Crippen molar-refractivity contribution in [1.29, 1.82) is 5.26 Å². The molecule has 4 rings (SSSR count). The number of halogens is 1. The second-order valence-electron chi connectivity index (χ2n) is 10.9. The maximum Gasteiger partial charge on any atom is 0.410 e. The molecule has 0 aromatic heterocycles. The normalized spacial score (nSPS) is 17.8. The number of ether oxygens (including phenoxy) is 3. The Morgan fingerprint density at radius 3 is 2.67 bits per heavy atom. The van der Waals surface area contributed by atoms with Crippen molar-refractivity contribution in [3.63, 3.8) is 0 Å². The molecule has 2 aromatic carbocycles. The van der Waals surface area contributed by atoms with E-state index in [4.69, 9.17) is 14.2 Å². The van der Waals surface area contributed by atoms with Crippen molar-refractivity contribution >= 4 is 21.8 Å². The molecule has 0 aliphatic carbocycles. The number of rotatable bonds is 5. The number of carbonyl (C=O) groups excluding carboxylic acids is 2. The van der Waals surface area contributed by atoms with Crippen molar-refractivity contribution in [1.82, 2.24) is 10.2 Å². The number of hydrogen-bond donors (Lipinski definition) is 1. The average Bonchev–Trinajstić information content (AvgIpc) is 3.13. The standard InChI is InChI=1S/C28H32FN3O7S/c1-28(2,3)39-27(34)32-8-5-9-37-25(15-32)26(33)31-19(14-30)10-17-12-24-22(13-23(17)29)21-7-6-20(40(4,35)36)11-18(21)16-38-24/h6-7,11-13,19,25H,5,8-10,15-16H2,1-4H3,(H,31,33)/t19-,25-/m0/s1. The zero-order valence-electron chi connectivity index (χ0n) is 22.8. The van der Waals surface area contributed by atoms with Gasteiger partial charge in [-0.2, -0.15) is 5.26 Å². The van der Waals surface area contributed by atoms with Crippen LogP contribution in [0.4, 0.5) is 9.18 Å². The van der Waals surface area contributed by atoms with Crippen molar-refractivity contribution in [2.75, 3.05) is 26.0 Å². The first-order valence-electron chi connectivity index (χ1n) is 12.8. The van der Waals surface area contributed by atoms with Crippen LogP contribution >= 0.6 is 0 Å². The number of carbonyl (C=O) groups is 2. The highest BCUT2D eigenvalue weighted by Gasteiger charge is 2.32. The maximum atomic E-state index is 15.2. The van der Waals surface area contributed by atoms with Gasteiger partial charge in [-0.25, -0.2) is 17.6 Å². The minimum absolute atomic E-state index is 0.0413. The van der Waals surface area contributed by atoms with E-state index in [1.807, 2.05) is 6.07 Å². The molecule has 0 bridgehead atoms. The van der Waals surface area contributed by atoms with Crippen molar-refractivity contribution in [3.8, 4) is 22.9 Å². The van der Waals surface area contributed by atoms with Crippen molar-refractivity contribution < 1.29 is 36.6 Å². The fourth-order valence-corrected chi connectivity index (χ4v) is 5.18. The largest absolute Gasteiger partial charge is 0.488 e. The highest BCUT2D eigenvalue weighted by molar-refractivity contribution is 7.90. The van der Waals surface area contributed by atoms with Crippen LogP contribution in [-0.4, -0.2) is 69.0 Å². The monoisotopic (exact) mass is 573 g/mol. The van der Waals surface area contributed by atoms with Crippen LogP contribution in [0.2, 0.25) is 0 Å². The van der Waals surface area contributed by atoms with Gasteiger partial charge >= 0.3 is 6.09 Å². The lowest BCUT2D eigenvalue weighted by Gasteiger charge is -2.28. The van der Waals surface area contributed by atoms with Crippen LogP contribution in [0.25, 0.3) is 11.1 Å². The van der Waals surface area contributed by atoms with E-state index in [0.29, 0.717) is 35.4 Å². The molecule has 1 N–H and O–H groups in total. The summed E-state index contributed by atoms with van der Waals surface area (Å²) in [5, 5.41) is 12.3. The average molecular weight is 574 g/mol. The molecule has 10 nitrogen and oxygen atoms in total. The van der Waals surface area contributed by atoms with Gasteiger partial charge in [-0.05, 0) is 68.1 Å². The third-order valence-corrected chi connectivity index (χ3v) is 7.56. The van der Waals surface area contributed by atoms with Gasteiger partial charge in [0.05, 0.1) is 17.5 Å². The molecule has 0 saturated carbocycles. The number of nitrogens with zero attached hydrogens (tertiary/aromatic N) is 2. The van der Waals surface area contributed by atoms with E-state index in [9.17, 15) is 23.3 Å². The Hall–Kier alpha value is -3.69. The van der Waals surface area contributed by atoms with Crippen LogP contribution in [0.1, 0.15) is 38.3 Å². The van der Waals surface area contributed by atoms with E-state index in [1.54, 1.807) is 26.8 Å². The van der Waals surface area contributed by atoms with Gasteiger partial charge in [0.1, 0.15) is 29.8 Å². The molecule has 2 aliphatic rings. The van der Waals surface area contributed by atoms with E-state index in [0.717, 1.165) is 6.26 Å². The van der Waals surface area contributed by atoms with E-state index in [-0.39, 0.29) is 36.6 Å². The topological polar surface area (TPSA) is 135 Å². The lowest BCUT2D eigenvalue weighted by Crippen LogP contribution is -2.48. The molecule has 2 amide bonds. The Bertz CT molecular complexity index is 1460. The van der Waals surface area contributed by atoms with Gasteiger partial charge in [0, 0.05) is 31.4 Å². The molecule has 12 heteroatoms. The summed E-state index contributed by atoms with van der Waals surface area (Å²) >= 11 is 0. The van der Waals surface area contributed by atoms with E-state index in [1.165, 1.54) is 29.2 Å². The van der Waals surface area contributed by atoms with E-state index in [2.05, 4.69) is 5.32 Å². The molecule has 214 valence electrons. The Balaban J connectivity index is 1.47. The van der Waals surface area contributed by atoms with Crippen molar-refractivity contribution in [2.24, 2.45) is 0 Å². The smallest absolute Gasteiger partial charge is 0.410 e. The van der Waals surface area contributed by atoms with Crippen LogP contribution < -0.4 is 10.1 Å². The van der Waals surface area contributed by atoms with Crippen LogP contribution in [0.15, 0.2) is 35.2 Å². The zero-order valence-corrected chi connectivity index (χ0v) is 23.6. The summed E-state index contributed by atoms with van der Waals surface area (Å²) in [6, 6.07) is 8.29. The second kappa shape index (κ2) is 11.4. The first-order chi connectivity index (χ1) is 18.7. The van der Waals surface area contributed by atoms with E-state index >= 15 is 4.39 Å². The van der Waals surface area contributed by atoms with Gasteiger partial charge in [-0.1, -0.05) is 6.07 Å². The Morgan fingerprint density at radius 2 is 2.00 bits per heavy atom. The van der Waals surface area contributed by atoms with Crippen LogP contribution in [-0.2, 0) is 37.1 Å². The zero-order chi connectivity index (χ0) is 29.2. The molecule has 0 spiro atoms. The number of hydrogen-bond acceptors (Lipinski definition) is 8. The quantitative estimate of drug-likeness (QED) is 0.575. The predicted molar refractivity (Wildman–Crippen MR) is 143 cm³/mol. The Labute approximate surface area is 232 Å². The minimum atomic E-state index is -3.41. The number of amides is 2. The summed E-state index contributed by atoms with van der Waals surface area (Å²) in [6.45, 7) is 5.92. The summed E-state index contributed by atoms with van der Waals surface area (Å²) in [4.78, 5) is 27.1. The first-order valence-corrected chi connectivity index (χ1v) is 14.7. The van der Waals surface area contributed by atoms with Crippen LogP contribution in [0, 0.1) is 17.1 Å². The molecular weight excluding hydrogens is 541 g/mol. The number of sulfone groups is 1. The van der Waals surface area contributed by atoms with Crippen molar-refractivity contribution in [2.45, 2.75) is 62.9 Å². The van der Waals surface area contributed by atoms with Crippen molar-refractivity contribution in [3.05, 3.63) is 47.3 Å². The maximum absolute atomic E-state index is 15.2. The second-order valence-corrected chi connectivity index (χ2v) is 12.9. The number of nitrogens with one attached hydrogen (secondary N) is 1. The lowest BCUT2D eigenvalue weighted by molar-refractivity contribution is -0.133. The highest BCUT2D eigenvalue weighted by Crippen LogP contribution is 2.40. The summed E-state index contributed by atoms with van der Waals surface area (Å²) in [5.41, 5.74) is 1.21. The first kappa shape index (κ1) is 29.3. The summed E-state index contributed by atoms with van der Waals surface area (Å²) in [7, 11) is -3.41. The van der Waals surface area contributed by atoms with E-state index < -0.39 is 45.4 Å². The molecule has 0 unspecified atom stereocenters. The van der Waals surface area contributed by atoms with Gasteiger partial charge in [0.25, 0.3) is 5.91 Å². The third-order valence-electron chi connectivity index (χ3n) is 6.44.